The van der Waals surface area contributed by atoms with Crippen molar-refractivity contribution < 1.29 is 8.94 Å². The van der Waals surface area contributed by atoms with E-state index in [4.69, 9.17) is 20.5 Å². The summed E-state index contributed by atoms with van der Waals surface area (Å²) in [5.41, 5.74) is 0. The summed E-state index contributed by atoms with van der Waals surface area (Å²) in [4.78, 5) is 4.25. The highest BCUT2D eigenvalue weighted by Gasteiger charge is 2.21. The summed E-state index contributed by atoms with van der Waals surface area (Å²) < 4.78 is 10.5. The van der Waals surface area contributed by atoms with Crippen molar-refractivity contribution in [2.24, 2.45) is 5.92 Å². The van der Waals surface area contributed by atoms with Crippen LogP contribution in [0.5, 0.6) is 0 Å². The molecule has 0 saturated carbocycles. The molecule has 0 aliphatic carbocycles. The monoisotopic (exact) mass is 269 g/mol. The van der Waals surface area contributed by atoms with E-state index in [1.807, 2.05) is 6.07 Å². The van der Waals surface area contributed by atoms with Crippen molar-refractivity contribution >= 4 is 11.6 Å². The molecule has 0 radical (unpaired) electrons. The van der Waals surface area contributed by atoms with Gasteiger partial charge in [0, 0.05) is 0 Å². The fraction of sp³-hybridized carbons (Fsp3) is 0.500. The number of halogens is 1. The van der Waals surface area contributed by atoms with E-state index in [9.17, 15) is 0 Å². The maximum atomic E-state index is 5.72. The second kappa shape index (κ2) is 5.54. The number of rotatable bonds is 5. The maximum absolute atomic E-state index is 5.72. The van der Waals surface area contributed by atoms with E-state index in [-0.39, 0.29) is 6.04 Å². The third kappa shape index (κ3) is 3.11. The molecule has 0 bridgehead atoms. The summed E-state index contributed by atoms with van der Waals surface area (Å²) >= 11 is 5.72. The first-order chi connectivity index (χ1) is 8.56. The molecule has 0 unspecified atom stereocenters. The molecule has 0 spiro atoms. The topological polar surface area (TPSA) is 64.1 Å². The first-order valence-electron chi connectivity index (χ1n) is 5.84. The number of aryl methyl sites for hydroxylation is 1. The van der Waals surface area contributed by atoms with Gasteiger partial charge in [-0.15, -0.1) is 0 Å². The van der Waals surface area contributed by atoms with Crippen LogP contribution in [0.1, 0.15) is 37.4 Å². The van der Waals surface area contributed by atoms with Crippen molar-refractivity contribution in [3.63, 3.8) is 0 Å². The van der Waals surface area contributed by atoms with E-state index in [2.05, 4.69) is 29.3 Å². The molecular weight excluding hydrogens is 254 g/mol. The van der Waals surface area contributed by atoms with Crippen LogP contribution < -0.4 is 5.32 Å². The fourth-order valence-corrected chi connectivity index (χ4v) is 1.87. The van der Waals surface area contributed by atoms with Crippen LogP contribution in [0.3, 0.4) is 0 Å². The van der Waals surface area contributed by atoms with Crippen molar-refractivity contribution in [3.05, 3.63) is 34.8 Å². The Balaban J connectivity index is 2.03. The molecule has 0 aliphatic rings. The van der Waals surface area contributed by atoms with Gasteiger partial charge in [-0.05, 0) is 36.6 Å². The van der Waals surface area contributed by atoms with Crippen LogP contribution in [0.15, 0.2) is 21.1 Å². The predicted molar refractivity (Wildman–Crippen MR) is 67.2 cm³/mol. The molecule has 98 valence electrons. The van der Waals surface area contributed by atoms with Crippen LogP contribution in [0.4, 0.5) is 0 Å². The number of nitrogens with one attached hydrogen (secondary N) is 1. The molecule has 1 N–H and O–H groups in total. The van der Waals surface area contributed by atoms with E-state index < -0.39 is 0 Å². The number of furan rings is 1. The number of hydrogen-bond acceptors (Lipinski definition) is 5. The smallest absolute Gasteiger partial charge is 0.244 e. The Morgan fingerprint density at radius 3 is 2.67 bits per heavy atom. The van der Waals surface area contributed by atoms with Crippen molar-refractivity contribution in [3.8, 4) is 0 Å². The zero-order valence-electron chi connectivity index (χ0n) is 10.6. The molecule has 2 aromatic heterocycles. The van der Waals surface area contributed by atoms with Gasteiger partial charge in [-0.25, -0.2) is 0 Å². The first-order valence-corrected chi connectivity index (χ1v) is 6.22. The van der Waals surface area contributed by atoms with Gasteiger partial charge < -0.3 is 8.94 Å². The van der Waals surface area contributed by atoms with E-state index in [0.29, 0.717) is 29.4 Å². The van der Waals surface area contributed by atoms with Gasteiger partial charge in [0.25, 0.3) is 0 Å². The largest absolute Gasteiger partial charge is 0.448 e. The Hall–Kier alpha value is -1.33. The lowest BCUT2D eigenvalue weighted by Gasteiger charge is -2.17. The Kier molecular flexibility index (Phi) is 4.04. The molecule has 0 saturated heterocycles. The summed E-state index contributed by atoms with van der Waals surface area (Å²) in [6.07, 6.45) is 0. The van der Waals surface area contributed by atoms with Gasteiger partial charge in [-0.3, -0.25) is 5.32 Å². The summed E-state index contributed by atoms with van der Waals surface area (Å²) in [6.45, 7) is 6.55. The normalized spacial score (nSPS) is 13.2. The maximum Gasteiger partial charge on any atom is 0.244 e. The highest BCUT2D eigenvalue weighted by atomic mass is 35.5. The Morgan fingerprint density at radius 2 is 2.17 bits per heavy atom. The predicted octanol–water partition coefficient (Wildman–Crippen LogP) is 3.11. The Labute approximate surface area is 111 Å². The lowest BCUT2D eigenvalue weighted by atomic mass is 10.0. The van der Waals surface area contributed by atoms with Gasteiger partial charge in [0.2, 0.25) is 5.89 Å². The van der Waals surface area contributed by atoms with Gasteiger partial charge in [0.1, 0.15) is 5.76 Å². The zero-order chi connectivity index (χ0) is 13.1. The SMILES string of the molecule is Cc1noc([C@H](NCc2ccc(Cl)o2)C(C)C)n1. The van der Waals surface area contributed by atoms with Gasteiger partial charge in [0.05, 0.1) is 12.6 Å². The number of nitrogens with zero attached hydrogens (tertiary/aromatic N) is 2. The zero-order valence-corrected chi connectivity index (χ0v) is 11.4. The van der Waals surface area contributed by atoms with Crippen LogP contribution in [0.2, 0.25) is 5.22 Å². The average molecular weight is 270 g/mol. The standard InChI is InChI=1S/C12H16ClN3O2/c1-7(2)11(12-15-8(3)16-18-12)14-6-9-4-5-10(13)17-9/h4-5,7,11,14H,6H2,1-3H3/t11-/m1/s1. The molecule has 0 fully saturated rings. The average Bonchev–Trinajstić information content (AvgIpc) is 2.88. The minimum atomic E-state index is -0.00456. The summed E-state index contributed by atoms with van der Waals surface area (Å²) in [7, 11) is 0. The molecule has 2 aromatic rings. The van der Waals surface area contributed by atoms with E-state index in [1.165, 1.54) is 0 Å². The Morgan fingerprint density at radius 1 is 1.39 bits per heavy atom. The van der Waals surface area contributed by atoms with E-state index in [1.54, 1.807) is 13.0 Å². The molecule has 18 heavy (non-hydrogen) atoms. The van der Waals surface area contributed by atoms with Gasteiger partial charge in [0.15, 0.2) is 11.0 Å². The number of hydrogen-bond donors (Lipinski definition) is 1. The lowest BCUT2D eigenvalue weighted by Crippen LogP contribution is -2.25. The molecule has 5 nitrogen and oxygen atoms in total. The quantitative estimate of drug-likeness (QED) is 0.903. The highest BCUT2D eigenvalue weighted by molar-refractivity contribution is 6.28. The Bertz CT molecular complexity index is 507. The molecule has 0 amide bonds. The van der Waals surface area contributed by atoms with Crippen molar-refractivity contribution in [1.29, 1.82) is 0 Å². The van der Waals surface area contributed by atoms with Crippen molar-refractivity contribution in [2.75, 3.05) is 0 Å². The molecule has 0 aliphatic heterocycles. The summed E-state index contributed by atoms with van der Waals surface area (Å²) in [6, 6.07) is 3.56. The van der Waals surface area contributed by atoms with Crippen LogP contribution in [0, 0.1) is 12.8 Å². The van der Waals surface area contributed by atoms with Crippen molar-refractivity contribution in [2.45, 2.75) is 33.4 Å². The molecular formula is C12H16ClN3O2. The van der Waals surface area contributed by atoms with Gasteiger partial charge in [-0.2, -0.15) is 4.98 Å². The minimum absolute atomic E-state index is 0.00456. The van der Waals surface area contributed by atoms with Crippen molar-refractivity contribution in [1.82, 2.24) is 15.5 Å². The second-order valence-corrected chi connectivity index (χ2v) is 4.86. The molecule has 2 rings (SSSR count). The van der Waals surface area contributed by atoms with Gasteiger partial charge >= 0.3 is 0 Å². The van der Waals surface area contributed by atoms with Crippen LogP contribution >= 0.6 is 11.6 Å². The van der Waals surface area contributed by atoms with Gasteiger partial charge in [-0.1, -0.05) is 19.0 Å². The van der Waals surface area contributed by atoms with E-state index in [0.717, 1.165) is 5.76 Å². The molecule has 1 atom stereocenters. The number of aromatic nitrogens is 2. The van der Waals surface area contributed by atoms with Crippen LogP contribution in [-0.4, -0.2) is 10.1 Å². The van der Waals surface area contributed by atoms with Crippen LogP contribution in [0.25, 0.3) is 0 Å². The first kappa shape index (κ1) is 13.1. The van der Waals surface area contributed by atoms with Crippen LogP contribution in [-0.2, 0) is 6.54 Å². The third-order valence-corrected chi connectivity index (χ3v) is 2.80. The second-order valence-electron chi connectivity index (χ2n) is 4.49. The van der Waals surface area contributed by atoms with E-state index >= 15 is 0 Å². The lowest BCUT2D eigenvalue weighted by molar-refractivity contribution is 0.281. The third-order valence-electron chi connectivity index (χ3n) is 2.60. The minimum Gasteiger partial charge on any atom is -0.448 e. The molecule has 0 aromatic carbocycles. The fourth-order valence-electron chi connectivity index (χ4n) is 1.70. The highest BCUT2D eigenvalue weighted by Crippen LogP contribution is 2.21. The molecule has 2 heterocycles. The summed E-state index contributed by atoms with van der Waals surface area (Å²) in [5, 5.41) is 7.53. The summed E-state index contributed by atoms with van der Waals surface area (Å²) in [5.74, 6) is 2.34. The molecule has 6 heteroatoms.